The maximum atomic E-state index is 13.0. The van der Waals surface area contributed by atoms with E-state index in [2.05, 4.69) is 26.3 Å². The highest BCUT2D eigenvalue weighted by molar-refractivity contribution is 6.35. The van der Waals surface area contributed by atoms with Gasteiger partial charge in [-0.15, -0.1) is 0 Å². The van der Waals surface area contributed by atoms with Crippen molar-refractivity contribution in [2.75, 3.05) is 21.3 Å². The van der Waals surface area contributed by atoms with Gasteiger partial charge in [0.1, 0.15) is 0 Å². The van der Waals surface area contributed by atoms with Crippen molar-refractivity contribution in [3.63, 3.8) is 0 Å². The Kier molecular flexibility index (Phi) is 6.97. The van der Waals surface area contributed by atoms with E-state index in [0.717, 1.165) is 17.7 Å². The minimum absolute atomic E-state index is 0.00464. The zero-order valence-electron chi connectivity index (χ0n) is 21.3. The van der Waals surface area contributed by atoms with E-state index in [9.17, 15) is 27.6 Å². The average Bonchev–Trinajstić information content (AvgIpc) is 3.50. The lowest BCUT2D eigenvalue weighted by Crippen LogP contribution is -2.20. The fourth-order valence-electron chi connectivity index (χ4n) is 4.25. The van der Waals surface area contributed by atoms with Gasteiger partial charge in [0.25, 0.3) is 5.91 Å². The number of aromatic carboxylic acids is 1. The number of fused-ring (bicyclic) bond motifs is 1. The molecule has 0 atom stereocenters. The standard InChI is InChI=1S/C29H22F3N5O4/c1-15-5-6-20(36-28(41)35-18-4-2-3-17(10-18)29(30,31)32)12-24(15)34-19-7-8-22-23(26(38)37-25(22)13-19)11-21-9-16(14-33-21)27(39)40/h2-14,33-34H,1H3,(H,37,38)(H,39,40)(H2,35,36,41). The minimum Gasteiger partial charge on any atom is -0.478 e. The number of benzene rings is 3. The van der Waals surface area contributed by atoms with E-state index in [0.29, 0.717) is 39.6 Å². The van der Waals surface area contributed by atoms with Crippen molar-refractivity contribution < 1.29 is 32.7 Å². The molecule has 1 aliphatic heterocycles. The summed E-state index contributed by atoms with van der Waals surface area (Å²) in [5, 5.41) is 20.2. The van der Waals surface area contributed by atoms with Crippen LogP contribution in [0.1, 0.15) is 32.7 Å². The fourth-order valence-corrected chi connectivity index (χ4v) is 4.25. The molecule has 12 heteroatoms. The zero-order valence-corrected chi connectivity index (χ0v) is 21.3. The molecule has 3 aromatic carbocycles. The molecular formula is C29H22F3N5O4. The van der Waals surface area contributed by atoms with Gasteiger partial charge in [0.2, 0.25) is 0 Å². The molecule has 208 valence electrons. The smallest absolute Gasteiger partial charge is 0.416 e. The average molecular weight is 562 g/mol. The van der Waals surface area contributed by atoms with Gasteiger partial charge in [-0.05, 0) is 67.1 Å². The summed E-state index contributed by atoms with van der Waals surface area (Å²) in [6.07, 6.45) is -1.61. The number of carbonyl (C=O) groups excluding carboxylic acids is 2. The van der Waals surface area contributed by atoms with Crippen molar-refractivity contribution in [2.24, 2.45) is 0 Å². The summed E-state index contributed by atoms with van der Waals surface area (Å²) in [4.78, 5) is 39.0. The number of carboxylic acid groups (broad SMARTS) is 1. The van der Waals surface area contributed by atoms with Crippen LogP contribution < -0.4 is 21.3 Å². The van der Waals surface area contributed by atoms with Crippen LogP contribution in [0.25, 0.3) is 11.6 Å². The summed E-state index contributed by atoms with van der Waals surface area (Å²) in [6.45, 7) is 1.85. The Morgan fingerprint density at radius 1 is 0.927 bits per heavy atom. The number of aromatic amines is 1. The molecule has 9 nitrogen and oxygen atoms in total. The lowest BCUT2D eigenvalue weighted by Gasteiger charge is -2.14. The summed E-state index contributed by atoms with van der Waals surface area (Å²) in [5.41, 5.74) is 3.79. The Morgan fingerprint density at radius 2 is 1.66 bits per heavy atom. The quantitative estimate of drug-likeness (QED) is 0.142. The number of carbonyl (C=O) groups is 3. The number of nitrogens with one attached hydrogen (secondary N) is 5. The van der Waals surface area contributed by atoms with Crippen LogP contribution in [0, 0.1) is 6.92 Å². The topological polar surface area (TPSA) is 135 Å². The molecule has 0 bridgehead atoms. The molecule has 0 fully saturated rings. The highest BCUT2D eigenvalue weighted by Crippen LogP contribution is 2.36. The number of alkyl halides is 3. The van der Waals surface area contributed by atoms with Gasteiger partial charge >= 0.3 is 18.2 Å². The molecule has 0 radical (unpaired) electrons. The summed E-state index contributed by atoms with van der Waals surface area (Å²) >= 11 is 0. The number of anilines is 5. The third-order valence-corrected chi connectivity index (χ3v) is 6.28. The largest absolute Gasteiger partial charge is 0.478 e. The lowest BCUT2D eigenvalue weighted by molar-refractivity contribution is -0.137. The normalized spacial score (nSPS) is 13.5. The van der Waals surface area contributed by atoms with E-state index in [1.807, 2.05) is 6.92 Å². The first kappa shape index (κ1) is 27.1. The van der Waals surface area contributed by atoms with Gasteiger partial charge < -0.3 is 31.4 Å². The number of aryl methyl sites for hydroxylation is 1. The maximum Gasteiger partial charge on any atom is 0.416 e. The number of rotatable bonds is 6. The number of halogens is 3. The summed E-state index contributed by atoms with van der Waals surface area (Å²) in [6, 6.07) is 15.4. The molecule has 0 saturated carbocycles. The molecule has 0 aliphatic carbocycles. The van der Waals surface area contributed by atoms with Gasteiger partial charge in [-0.1, -0.05) is 18.2 Å². The zero-order chi connectivity index (χ0) is 29.3. The first-order valence-electron chi connectivity index (χ1n) is 12.2. The van der Waals surface area contributed by atoms with E-state index < -0.39 is 23.7 Å². The predicted molar refractivity (Wildman–Crippen MR) is 149 cm³/mol. The monoisotopic (exact) mass is 561 g/mol. The number of hydrogen-bond acceptors (Lipinski definition) is 4. The van der Waals surface area contributed by atoms with Crippen LogP contribution >= 0.6 is 0 Å². The van der Waals surface area contributed by atoms with Crippen LogP contribution in [0.3, 0.4) is 0 Å². The minimum atomic E-state index is -4.53. The molecule has 41 heavy (non-hydrogen) atoms. The lowest BCUT2D eigenvalue weighted by atomic mass is 10.1. The fraction of sp³-hybridized carbons (Fsp3) is 0.0690. The molecule has 6 N–H and O–H groups in total. The van der Waals surface area contributed by atoms with E-state index in [1.54, 1.807) is 42.5 Å². The second-order valence-corrected chi connectivity index (χ2v) is 9.23. The number of aromatic nitrogens is 1. The van der Waals surface area contributed by atoms with Crippen molar-refractivity contribution in [1.29, 1.82) is 0 Å². The first-order valence-corrected chi connectivity index (χ1v) is 12.2. The van der Waals surface area contributed by atoms with Gasteiger partial charge in [-0.2, -0.15) is 13.2 Å². The molecule has 0 unspecified atom stereocenters. The third-order valence-electron chi connectivity index (χ3n) is 6.28. The Bertz CT molecular complexity index is 1730. The van der Waals surface area contributed by atoms with Crippen LogP contribution in [0.4, 0.5) is 46.4 Å². The van der Waals surface area contributed by atoms with Gasteiger partial charge in [-0.3, -0.25) is 4.79 Å². The van der Waals surface area contributed by atoms with Crippen molar-refractivity contribution >= 4 is 58.0 Å². The van der Waals surface area contributed by atoms with Gasteiger partial charge in [0.05, 0.1) is 22.4 Å². The van der Waals surface area contributed by atoms with Gasteiger partial charge in [-0.25, -0.2) is 9.59 Å². The highest BCUT2D eigenvalue weighted by Gasteiger charge is 2.30. The van der Waals surface area contributed by atoms with Gasteiger partial charge in [0.15, 0.2) is 0 Å². The van der Waals surface area contributed by atoms with E-state index in [-0.39, 0.29) is 17.2 Å². The molecule has 5 rings (SSSR count). The summed E-state index contributed by atoms with van der Waals surface area (Å²) in [5.74, 6) is -1.42. The second kappa shape index (κ2) is 10.6. The summed E-state index contributed by atoms with van der Waals surface area (Å²) < 4.78 is 38.9. The van der Waals surface area contributed by atoms with E-state index in [4.69, 9.17) is 5.11 Å². The van der Waals surface area contributed by atoms with E-state index >= 15 is 0 Å². The number of urea groups is 1. The molecule has 2 heterocycles. The Morgan fingerprint density at radius 3 is 2.37 bits per heavy atom. The van der Waals surface area contributed by atoms with Crippen molar-refractivity contribution in [3.8, 4) is 0 Å². The van der Waals surface area contributed by atoms with Crippen LogP contribution in [-0.2, 0) is 11.0 Å². The number of carboxylic acids is 1. The molecule has 0 saturated heterocycles. The maximum absolute atomic E-state index is 13.0. The van der Waals surface area contributed by atoms with Crippen LogP contribution in [-0.4, -0.2) is 28.0 Å². The third kappa shape index (κ3) is 6.06. The Hall–Kier alpha value is -5.52. The molecule has 1 aromatic heterocycles. The molecule has 1 aliphatic rings. The Balaban J connectivity index is 1.30. The van der Waals surface area contributed by atoms with Gasteiger partial charge in [0, 0.05) is 40.2 Å². The van der Waals surface area contributed by atoms with Crippen molar-refractivity contribution in [3.05, 3.63) is 101 Å². The van der Waals surface area contributed by atoms with Crippen molar-refractivity contribution in [1.82, 2.24) is 4.98 Å². The Labute approximate surface area is 231 Å². The highest BCUT2D eigenvalue weighted by atomic mass is 19.4. The molecule has 3 amide bonds. The first-order chi connectivity index (χ1) is 19.5. The SMILES string of the molecule is Cc1ccc(NC(=O)Nc2cccc(C(F)(F)F)c2)cc1Nc1ccc2c(c1)NC(=O)C2=Cc1cc(C(=O)O)c[nH]1. The molecule has 4 aromatic rings. The number of amides is 3. The summed E-state index contributed by atoms with van der Waals surface area (Å²) in [7, 11) is 0. The second-order valence-electron chi connectivity index (χ2n) is 9.23. The predicted octanol–water partition coefficient (Wildman–Crippen LogP) is 6.92. The van der Waals surface area contributed by atoms with Crippen LogP contribution in [0.15, 0.2) is 72.9 Å². The number of H-pyrrole nitrogens is 1. The molecule has 0 spiro atoms. The van der Waals surface area contributed by atoms with Crippen LogP contribution in [0.2, 0.25) is 0 Å². The van der Waals surface area contributed by atoms with E-state index in [1.165, 1.54) is 24.4 Å². The van der Waals surface area contributed by atoms with Crippen molar-refractivity contribution in [2.45, 2.75) is 13.1 Å². The van der Waals surface area contributed by atoms with Crippen LogP contribution in [0.5, 0.6) is 0 Å². The molecular weight excluding hydrogens is 539 g/mol. The number of hydrogen-bond donors (Lipinski definition) is 6.